The topological polar surface area (TPSA) is 75.3 Å². The first-order chi connectivity index (χ1) is 11.0. The molecule has 0 aromatic heterocycles. The Balaban J connectivity index is 2.43. The Morgan fingerprint density at radius 1 is 1.04 bits per heavy atom. The van der Waals surface area contributed by atoms with E-state index in [4.69, 9.17) is 0 Å². The number of amides is 2. The Labute approximate surface area is 137 Å². The summed E-state index contributed by atoms with van der Waals surface area (Å²) in [6.45, 7) is 6.07. The maximum Gasteiger partial charge on any atom is 0.242 e. The Morgan fingerprint density at radius 3 is 2.26 bits per heavy atom. The SMILES string of the molecule is CCCc1ccc(C(=O)CCC(=O)N[C@H](C)C(=O)NCC)cc1. The van der Waals surface area contributed by atoms with E-state index in [1.807, 2.05) is 31.2 Å². The maximum absolute atomic E-state index is 12.1. The number of Topliss-reactive ketones (excluding diaryl/α,β-unsaturated/α-hetero) is 1. The molecule has 0 spiro atoms. The predicted molar refractivity (Wildman–Crippen MR) is 90.3 cm³/mol. The summed E-state index contributed by atoms with van der Waals surface area (Å²) in [5.41, 5.74) is 1.83. The lowest BCUT2D eigenvalue weighted by atomic mass is 10.0. The molecule has 0 radical (unpaired) electrons. The minimum atomic E-state index is -0.592. The van der Waals surface area contributed by atoms with Gasteiger partial charge in [-0.05, 0) is 25.8 Å². The van der Waals surface area contributed by atoms with E-state index in [9.17, 15) is 14.4 Å². The molecule has 5 heteroatoms. The predicted octanol–water partition coefficient (Wildman–Crippen LogP) is 2.24. The molecule has 2 N–H and O–H groups in total. The lowest BCUT2D eigenvalue weighted by Gasteiger charge is -2.13. The van der Waals surface area contributed by atoms with Gasteiger partial charge in [-0.15, -0.1) is 0 Å². The van der Waals surface area contributed by atoms with E-state index in [-0.39, 0.29) is 30.4 Å². The Kier molecular flexibility index (Phi) is 8.02. The molecule has 2 amide bonds. The standard InChI is InChI=1S/C18H26N2O3/c1-4-6-14-7-9-15(10-8-14)16(21)11-12-17(22)20-13(3)18(23)19-5-2/h7-10,13H,4-6,11-12H2,1-3H3,(H,19,23)(H,20,22)/t13-/m1/s1. The number of nitrogens with one attached hydrogen (secondary N) is 2. The number of carbonyl (C=O) groups is 3. The summed E-state index contributed by atoms with van der Waals surface area (Å²) in [7, 11) is 0. The largest absolute Gasteiger partial charge is 0.355 e. The molecule has 1 aromatic carbocycles. The zero-order chi connectivity index (χ0) is 17.2. The van der Waals surface area contributed by atoms with Crippen LogP contribution < -0.4 is 10.6 Å². The number of aryl methyl sites for hydroxylation is 1. The van der Waals surface area contributed by atoms with Crippen molar-refractivity contribution in [3.63, 3.8) is 0 Å². The molecule has 1 aromatic rings. The van der Waals surface area contributed by atoms with Crippen molar-refractivity contribution in [1.82, 2.24) is 10.6 Å². The highest BCUT2D eigenvalue weighted by atomic mass is 16.2. The first kappa shape index (κ1) is 18.9. The number of carbonyl (C=O) groups excluding carboxylic acids is 3. The molecule has 0 aliphatic carbocycles. The van der Waals surface area contributed by atoms with Crippen molar-refractivity contribution in [2.45, 2.75) is 52.5 Å². The van der Waals surface area contributed by atoms with Crippen LogP contribution in [0, 0.1) is 0 Å². The summed E-state index contributed by atoms with van der Waals surface area (Å²) in [5, 5.41) is 5.23. The summed E-state index contributed by atoms with van der Waals surface area (Å²) in [6, 6.07) is 6.93. The molecular formula is C18H26N2O3. The molecule has 0 heterocycles. The summed E-state index contributed by atoms with van der Waals surface area (Å²) >= 11 is 0. The molecule has 0 unspecified atom stereocenters. The van der Waals surface area contributed by atoms with Gasteiger partial charge < -0.3 is 10.6 Å². The maximum atomic E-state index is 12.1. The van der Waals surface area contributed by atoms with E-state index in [0.717, 1.165) is 12.8 Å². The lowest BCUT2D eigenvalue weighted by molar-refractivity contribution is -0.128. The number of rotatable bonds is 9. The van der Waals surface area contributed by atoms with Gasteiger partial charge >= 0.3 is 0 Å². The van der Waals surface area contributed by atoms with Gasteiger partial charge in [0.15, 0.2) is 5.78 Å². The van der Waals surface area contributed by atoms with Gasteiger partial charge in [0.1, 0.15) is 6.04 Å². The van der Waals surface area contributed by atoms with Gasteiger partial charge in [-0.2, -0.15) is 0 Å². The van der Waals surface area contributed by atoms with Crippen LogP contribution in [0.15, 0.2) is 24.3 Å². The van der Waals surface area contributed by atoms with Crippen LogP contribution in [0.3, 0.4) is 0 Å². The van der Waals surface area contributed by atoms with Crippen LogP contribution in [-0.4, -0.2) is 30.2 Å². The van der Waals surface area contributed by atoms with Crippen LogP contribution in [0.5, 0.6) is 0 Å². The van der Waals surface area contributed by atoms with E-state index >= 15 is 0 Å². The van der Waals surface area contributed by atoms with E-state index in [1.54, 1.807) is 6.92 Å². The van der Waals surface area contributed by atoms with Crippen LogP contribution in [-0.2, 0) is 16.0 Å². The third kappa shape index (κ3) is 6.63. The third-order valence-electron chi connectivity index (χ3n) is 3.52. The second-order valence-corrected chi connectivity index (χ2v) is 5.55. The highest BCUT2D eigenvalue weighted by Gasteiger charge is 2.15. The van der Waals surface area contributed by atoms with E-state index < -0.39 is 6.04 Å². The van der Waals surface area contributed by atoms with Crippen molar-refractivity contribution in [3.8, 4) is 0 Å². The highest BCUT2D eigenvalue weighted by molar-refractivity contribution is 5.98. The molecule has 0 aliphatic rings. The fourth-order valence-electron chi connectivity index (χ4n) is 2.22. The van der Waals surface area contributed by atoms with Crippen molar-refractivity contribution in [1.29, 1.82) is 0 Å². The fourth-order valence-corrected chi connectivity index (χ4v) is 2.22. The van der Waals surface area contributed by atoms with E-state index in [0.29, 0.717) is 12.1 Å². The minimum absolute atomic E-state index is 0.0612. The number of hydrogen-bond acceptors (Lipinski definition) is 3. The molecular weight excluding hydrogens is 292 g/mol. The minimum Gasteiger partial charge on any atom is -0.355 e. The average Bonchev–Trinajstić information content (AvgIpc) is 2.53. The molecule has 0 fully saturated rings. The summed E-state index contributed by atoms with van der Waals surface area (Å²) < 4.78 is 0. The number of hydrogen-bond donors (Lipinski definition) is 2. The van der Waals surface area contributed by atoms with Crippen LogP contribution in [0.4, 0.5) is 0 Å². The van der Waals surface area contributed by atoms with Gasteiger partial charge in [0, 0.05) is 24.9 Å². The molecule has 1 rings (SSSR count). The summed E-state index contributed by atoms with van der Waals surface area (Å²) in [6.07, 6.45) is 2.28. The molecule has 0 aliphatic heterocycles. The van der Waals surface area contributed by atoms with Crippen LogP contribution in [0.1, 0.15) is 56.0 Å². The summed E-state index contributed by atoms with van der Waals surface area (Å²) in [4.78, 5) is 35.4. The zero-order valence-electron chi connectivity index (χ0n) is 14.1. The zero-order valence-corrected chi connectivity index (χ0v) is 14.1. The van der Waals surface area contributed by atoms with Crippen LogP contribution in [0.2, 0.25) is 0 Å². The van der Waals surface area contributed by atoms with E-state index in [1.165, 1.54) is 5.56 Å². The highest BCUT2D eigenvalue weighted by Crippen LogP contribution is 2.10. The molecule has 23 heavy (non-hydrogen) atoms. The second kappa shape index (κ2) is 9.77. The molecule has 0 saturated heterocycles. The number of benzene rings is 1. The van der Waals surface area contributed by atoms with Gasteiger partial charge in [0.05, 0.1) is 0 Å². The molecule has 1 atom stereocenters. The number of ketones is 1. The third-order valence-corrected chi connectivity index (χ3v) is 3.52. The van der Waals surface area contributed by atoms with Gasteiger partial charge in [-0.1, -0.05) is 37.6 Å². The van der Waals surface area contributed by atoms with E-state index in [2.05, 4.69) is 17.6 Å². The number of likely N-dealkylation sites (N-methyl/N-ethyl adjacent to an activating group) is 1. The Morgan fingerprint density at radius 2 is 1.70 bits per heavy atom. The fraction of sp³-hybridized carbons (Fsp3) is 0.500. The van der Waals surface area contributed by atoms with Gasteiger partial charge in [0.25, 0.3) is 0 Å². The monoisotopic (exact) mass is 318 g/mol. The molecule has 0 bridgehead atoms. The smallest absolute Gasteiger partial charge is 0.242 e. The first-order valence-electron chi connectivity index (χ1n) is 8.17. The normalized spacial score (nSPS) is 11.6. The van der Waals surface area contributed by atoms with Gasteiger partial charge in [-0.25, -0.2) is 0 Å². The molecule has 126 valence electrons. The van der Waals surface area contributed by atoms with Crippen molar-refractivity contribution in [3.05, 3.63) is 35.4 Å². The first-order valence-corrected chi connectivity index (χ1v) is 8.17. The summed E-state index contributed by atoms with van der Waals surface area (Å²) in [5.74, 6) is -0.577. The second-order valence-electron chi connectivity index (χ2n) is 5.55. The Bertz CT molecular complexity index is 538. The lowest BCUT2D eigenvalue weighted by Crippen LogP contribution is -2.44. The van der Waals surface area contributed by atoms with Crippen LogP contribution >= 0.6 is 0 Å². The van der Waals surface area contributed by atoms with Gasteiger partial charge in [-0.3, -0.25) is 14.4 Å². The van der Waals surface area contributed by atoms with Crippen LogP contribution in [0.25, 0.3) is 0 Å². The van der Waals surface area contributed by atoms with Crippen molar-refractivity contribution in [2.24, 2.45) is 0 Å². The van der Waals surface area contributed by atoms with Crippen molar-refractivity contribution < 1.29 is 14.4 Å². The van der Waals surface area contributed by atoms with Crippen molar-refractivity contribution >= 4 is 17.6 Å². The quantitative estimate of drug-likeness (QED) is 0.686. The van der Waals surface area contributed by atoms with Gasteiger partial charge in [0.2, 0.25) is 11.8 Å². The molecule has 5 nitrogen and oxygen atoms in total. The average molecular weight is 318 g/mol. The van der Waals surface area contributed by atoms with Crippen molar-refractivity contribution in [2.75, 3.05) is 6.54 Å². The Hall–Kier alpha value is -2.17. The molecule has 0 saturated carbocycles.